The molecule has 3 heteroatoms. The molecule has 0 fully saturated rings. The molecule has 1 aromatic rings. The fourth-order valence-electron chi connectivity index (χ4n) is 0.819. The minimum Gasteiger partial charge on any atom is -0.494 e. The van der Waals surface area contributed by atoms with Gasteiger partial charge in [0, 0.05) is 5.69 Å². The lowest BCUT2D eigenvalue weighted by atomic mass is 10.3. The largest absolute Gasteiger partial charge is 0.494 e. The highest BCUT2D eigenvalue weighted by molar-refractivity contribution is 7.80. The second-order valence-corrected chi connectivity index (χ2v) is 2.94. The van der Waals surface area contributed by atoms with E-state index in [9.17, 15) is 0 Å². The first-order valence-electron chi connectivity index (χ1n) is 3.92. The summed E-state index contributed by atoms with van der Waals surface area (Å²) in [6, 6.07) is 7.40. The van der Waals surface area contributed by atoms with Gasteiger partial charge in [0.25, 0.3) is 0 Å². The van der Waals surface area contributed by atoms with E-state index in [4.69, 9.17) is 10.5 Å². The van der Waals surface area contributed by atoms with Gasteiger partial charge in [0.05, 0.1) is 6.61 Å². The number of thiol groups is 1. The summed E-state index contributed by atoms with van der Waals surface area (Å²) in [5, 5.41) is 0. The Morgan fingerprint density at radius 2 is 1.92 bits per heavy atom. The lowest BCUT2D eigenvalue weighted by molar-refractivity contribution is 0.319. The van der Waals surface area contributed by atoms with E-state index in [1.165, 1.54) is 0 Å². The Kier molecular flexibility index (Phi) is 3.80. The predicted molar refractivity (Wildman–Crippen MR) is 54.8 cm³/mol. The molecule has 0 atom stereocenters. The van der Waals surface area contributed by atoms with Crippen molar-refractivity contribution in [3.8, 4) is 5.75 Å². The lowest BCUT2D eigenvalue weighted by Crippen LogP contribution is -1.97. The maximum absolute atomic E-state index is 5.51. The SMILES string of the molecule is Nc1ccc(OCCCS)cc1. The molecule has 0 radical (unpaired) electrons. The van der Waals surface area contributed by atoms with Crippen LogP contribution in [-0.4, -0.2) is 12.4 Å². The number of hydrogen-bond acceptors (Lipinski definition) is 3. The number of anilines is 1. The van der Waals surface area contributed by atoms with Crippen LogP contribution in [0.1, 0.15) is 6.42 Å². The van der Waals surface area contributed by atoms with Gasteiger partial charge in [0.15, 0.2) is 0 Å². The fraction of sp³-hybridized carbons (Fsp3) is 0.333. The Morgan fingerprint density at radius 1 is 1.25 bits per heavy atom. The summed E-state index contributed by atoms with van der Waals surface area (Å²) in [5.74, 6) is 1.72. The predicted octanol–water partition coefficient (Wildman–Crippen LogP) is 1.97. The summed E-state index contributed by atoms with van der Waals surface area (Å²) in [6.07, 6.45) is 0.966. The standard InChI is InChI=1S/C9H13NOS/c10-8-2-4-9(5-3-8)11-6-1-7-12/h2-5,12H,1,6-7,10H2. The van der Waals surface area contributed by atoms with Crippen LogP contribution in [0.5, 0.6) is 5.75 Å². The first-order valence-corrected chi connectivity index (χ1v) is 4.55. The molecule has 0 saturated carbocycles. The van der Waals surface area contributed by atoms with Gasteiger partial charge in [0.1, 0.15) is 5.75 Å². The summed E-state index contributed by atoms with van der Waals surface area (Å²) in [4.78, 5) is 0. The first kappa shape index (κ1) is 9.26. The highest BCUT2D eigenvalue weighted by Gasteiger charge is 1.91. The Morgan fingerprint density at radius 3 is 2.50 bits per heavy atom. The number of hydrogen-bond donors (Lipinski definition) is 2. The van der Waals surface area contributed by atoms with Gasteiger partial charge < -0.3 is 10.5 Å². The lowest BCUT2D eigenvalue weighted by Gasteiger charge is -2.04. The third-order valence-electron chi connectivity index (χ3n) is 1.45. The van der Waals surface area contributed by atoms with Gasteiger partial charge in [-0.15, -0.1) is 0 Å². The highest BCUT2D eigenvalue weighted by atomic mass is 32.1. The second-order valence-electron chi connectivity index (χ2n) is 2.49. The fourth-order valence-corrected chi connectivity index (χ4v) is 0.948. The van der Waals surface area contributed by atoms with Crippen molar-refractivity contribution in [2.24, 2.45) is 0 Å². The summed E-state index contributed by atoms with van der Waals surface area (Å²) >= 11 is 4.08. The van der Waals surface area contributed by atoms with E-state index in [0.717, 1.165) is 23.6 Å². The van der Waals surface area contributed by atoms with Gasteiger partial charge in [-0.25, -0.2) is 0 Å². The summed E-state index contributed by atoms with van der Waals surface area (Å²) < 4.78 is 5.40. The van der Waals surface area contributed by atoms with Gasteiger partial charge in [0.2, 0.25) is 0 Å². The van der Waals surface area contributed by atoms with Crippen LogP contribution in [0.15, 0.2) is 24.3 Å². The maximum Gasteiger partial charge on any atom is 0.119 e. The van der Waals surface area contributed by atoms with Crippen molar-refractivity contribution < 1.29 is 4.74 Å². The molecule has 2 nitrogen and oxygen atoms in total. The summed E-state index contributed by atoms with van der Waals surface area (Å²) in [5.41, 5.74) is 6.27. The topological polar surface area (TPSA) is 35.2 Å². The molecular formula is C9H13NOS. The molecule has 0 spiro atoms. The van der Waals surface area contributed by atoms with Crippen molar-refractivity contribution >= 4 is 18.3 Å². The molecule has 1 aromatic carbocycles. The number of benzene rings is 1. The zero-order valence-electron chi connectivity index (χ0n) is 6.86. The number of ether oxygens (including phenoxy) is 1. The van der Waals surface area contributed by atoms with E-state index < -0.39 is 0 Å². The molecule has 0 aliphatic rings. The van der Waals surface area contributed by atoms with Gasteiger partial charge in [-0.05, 0) is 36.4 Å². The molecule has 12 heavy (non-hydrogen) atoms. The van der Waals surface area contributed by atoms with E-state index in [1.807, 2.05) is 24.3 Å². The third-order valence-corrected chi connectivity index (χ3v) is 1.77. The minimum atomic E-state index is 0.716. The third kappa shape index (κ3) is 3.05. The van der Waals surface area contributed by atoms with Crippen LogP contribution >= 0.6 is 12.6 Å². The van der Waals surface area contributed by atoms with E-state index in [2.05, 4.69) is 12.6 Å². The first-order chi connectivity index (χ1) is 5.83. The molecule has 0 aliphatic heterocycles. The van der Waals surface area contributed by atoms with Gasteiger partial charge in [-0.3, -0.25) is 0 Å². The maximum atomic E-state index is 5.51. The van der Waals surface area contributed by atoms with Crippen molar-refractivity contribution in [2.75, 3.05) is 18.1 Å². The van der Waals surface area contributed by atoms with E-state index in [0.29, 0.717) is 6.61 Å². The normalized spacial score (nSPS) is 9.75. The average Bonchev–Trinajstić information content (AvgIpc) is 2.09. The van der Waals surface area contributed by atoms with Crippen LogP contribution in [0.3, 0.4) is 0 Å². The zero-order valence-corrected chi connectivity index (χ0v) is 7.76. The van der Waals surface area contributed by atoms with Crippen LogP contribution in [0, 0.1) is 0 Å². The highest BCUT2D eigenvalue weighted by Crippen LogP contribution is 2.12. The Hall–Kier alpha value is -0.830. The molecule has 0 aliphatic carbocycles. The molecular weight excluding hydrogens is 170 g/mol. The van der Waals surface area contributed by atoms with Crippen molar-refractivity contribution in [3.05, 3.63) is 24.3 Å². The van der Waals surface area contributed by atoms with Crippen LogP contribution in [-0.2, 0) is 0 Å². The zero-order chi connectivity index (χ0) is 8.81. The summed E-state index contributed by atoms with van der Waals surface area (Å²) in [6.45, 7) is 0.716. The number of rotatable bonds is 4. The van der Waals surface area contributed by atoms with E-state index in [1.54, 1.807) is 0 Å². The number of nitrogens with two attached hydrogens (primary N) is 1. The Balaban J connectivity index is 2.37. The van der Waals surface area contributed by atoms with Gasteiger partial charge >= 0.3 is 0 Å². The van der Waals surface area contributed by atoms with E-state index in [-0.39, 0.29) is 0 Å². The van der Waals surface area contributed by atoms with Gasteiger partial charge in [-0.1, -0.05) is 0 Å². The molecule has 0 heterocycles. The molecule has 0 bridgehead atoms. The average molecular weight is 183 g/mol. The van der Waals surface area contributed by atoms with Gasteiger partial charge in [-0.2, -0.15) is 12.6 Å². The molecule has 0 amide bonds. The Labute approximate surface area is 78.1 Å². The molecule has 66 valence electrons. The summed E-state index contributed by atoms with van der Waals surface area (Å²) in [7, 11) is 0. The van der Waals surface area contributed by atoms with Crippen LogP contribution in [0.25, 0.3) is 0 Å². The molecule has 0 saturated heterocycles. The van der Waals surface area contributed by atoms with Crippen LogP contribution in [0.2, 0.25) is 0 Å². The monoisotopic (exact) mass is 183 g/mol. The molecule has 1 rings (SSSR count). The van der Waals surface area contributed by atoms with Crippen molar-refractivity contribution in [1.82, 2.24) is 0 Å². The molecule has 2 N–H and O–H groups in total. The number of nitrogen functional groups attached to an aromatic ring is 1. The second kappa shape index (κ2) is 4.93. The van der Waals surface area contributed by atoms with Crippen molar-refractivity contribution in [1.29, 1.82) is 0 Å². The van der Waals surface area contributed by atoms with Crippen molar-refractivity contribution in [3.63, 3.8) is 0 Å². The Bertz CT molecular complexity index is 222. The van der Waals surface area contributed by atoms with Crippen LogP contribution < -0.4 is 10.5 Å². The van der Waals surface area contributed by atoms with Crippen molar-refractivity contribution in [2.45, 2.75) is 6.42 Å². The molecule has 0 unspecified atom stereocenters. The van der Waals surface area contributed by atoms with Crippen LogP contribution in [0.4, 0.5) is 5.69 Å². The molecule has 0 aromatic heterocycles. The minimum absolute atomic E-state index is 0.716. The quantitative estimate of drug-likeness (QED) is 0.425. The smallest absolute Gasteiger partial charge is 0.119 e. The van der Waals surface area contributed by atoms with E-state index >= 15 is 0 Å².